The second-order valence-corrected chi connectivity index (χ2v) is 7.22. The van der Waals surface area contributed by atoms with E-state index in [-0.39, 0.29) is 0 Å². The summed E-state index contributed by atoms with van der Waals surface area (Å²) in [5.74, 6) is 0. The fourth-order valence-corrected chi connectivity index (χ4v) is 4.27. The summed E-state index contributed by atoms with van der Waals surface area (Å²) in [4.78, 5) is 9.93. The number of aromatic nitrogens is 3. The van der Waals surface area contributed by atoms with Gasteiger partial charge in [-0.25, -0.2) is 9.50 Å². The molecule has 0 N–H and O–H groups in total. The lowest BCUT2D eigenvalue weighted by molar-refractivity contribution is 0.0992. The first-order chi connectivity index (χ1) is 12.4. The number of nitrogens with zero attached hydrogens (tertiary/aromatic N) is 5. The van der Waals surface area contributed by atoms with Gasteiger partial charge in [0, 0.05) is 55.7 Å². The molecule has 1 atom stereocenters. The zero-order valence-electron chi connectivity index (χ0n) is 14.4. The maximum absolute atomic E-state index is 4.71. The van der Waals surface area contributed by atoms with Crippen LogP contribution in [0.25, 0.3) is 16.8 Å². The van der Waals surface area contributed by atoms with Crippen LogP contribution in [0.15, 0.2) is 48.9 Å². The van der Waals surface area contributed by atoms with E-state index < -0.39 is 0 Å². The minimum Gasteiger partial charge on any atom is -0.298 e. The van der Waals surface area contributed by atoms with Crippen molar-refractivity contribution in [1.82, 2.24) is 24.4 Å². The molecule has 0 radical (unpaired) electrons. The molecule has 0 saturated carbocycles. The third-order valence-corrected chi connectivity index (χ3v) is 5.57. The smallest absolute Gasteiger partial charge is 0.162 e. The summed E-state index contributed by atoms with van der Waals surface area (Å²) in [7, 11) is 0. The highest BCUT2D eigenvalue weighted by Gasteiger charge is 2.30. The molecule has 128 valence electrons. The molecule has 25 heavy (non-hydrogen) atoms. The van der Waals surface area contributed by atoms with Gasteiger partial charge in [-0.2, -0.15) is 5.10 Å². The van der Waals surface area contributed by atoms with Gasteiger partial charge in [-0.1, -0.05) is 30.3 Å². The Kier molecular flexibility index (Phi) is 3.76. The average molecular weight is 333 g/mol. The normalized spacial score (nSPS) is 21.7. The Morgan fingerprint density at radius 3 is 2.88 bits per heavy atom. The van der Waals surface area contributed by atoms with Crippen LogP contribution in [0, 0.1) is 0 Å². The predicted molar refractivity (Wildman–Crippen MR) is 98.3 cm³/mol. The van der Waals surface area contributed by atoms with Gasteiger partial charge in [0.2, 0.25) is 0 Å². The summed E-state index contributed by atoms with van der Waals surface area (Å²) < 4.78 is 1.92. The molecule has 0 aliphatic carbocycles. The maximum atomic E-state index is 4.71. The van der Waals surface area contributed by atoms with E-state index in [2.05, 4.69) is 45.4 Å². The van der Waals surface area contributed by atoms with E-state index >= 15 is 0 Å². The van der Waals surface area contributed by atoms with Crippen molar-refractivity contribution in [1.29, 1.82) is 0 Å². The van der Waals surface area contributed by atoms with Crippen molar-refractivity contribution >= 4 is 5.65 Å². The number of rotatable bonds is 3. The van der Waals surface area contributed by atoms with E-state index in [0.717, 1.165) is 35.9 Å². The molecule has 2 aliphatic heterocycles. The fourth-order valence-electron chi connectivity index (χ4n) is 4.27. The fraction of sp³-hybridized carbons (Fsp3) is 0.400. The van der Waals surface area contributed by atoms with E-state index in [0.29, 0.717) is 0 Å². The Labute approximate surface area is 147 Å². The van der Waals surface area contributed by atoms with Gasteiger partial charge in [-0.15, -0.1) is 0 Å². The highest BCUT2D eigenvalue weighted by molar-refractivity contribution is 5.76. The maximum Gasteiger partial charge on any atom is 0.162 e. The van der Waals surface area contributed by atoms with Crippen molar-refractivity contribution in [2.24, 2.45) is 0 Å². The molecular weight excluding hydrogens is 310 g/mol. The number of hydrogen-bond donors (Lipinski definition) is 0. The third kappa shape index (κ3) is 2.83. The Morgan fingerprint density at radius 1 is 1.04 bits per heavy atom. The Morgan fingerprint density at radius 2 is 1.96 bits per heavy atom. The molecule has 1 aromatic carbocycles. The molecule has 5 rings (SSSR count). The number of benzene rings is 1. The van der Waals surface area contributed by atoms with E-state index in [4.69, 9.17) is 4.98 Å². The van der Waals surface area contributed by atoms with Crippen LogP contribution in [-0.4, -0.2) is 56.6 Å². The zero-order chi connectivity index (χ0) is 16.6. The highest BCUT2D eigenvalue weighted by atomic mass is 15.3. The van der Waals surface area contributed by atoms with Crippen LogP contribution in [0.5, 0.6) is 0 Å². The Hall–Kier alpha value is -2.24. The second kappa shape index (κ2) is 6.24. The molecule has 5 nitrogen and oxygen atoms in total. The van der Waals surface area contributed by atoms with Crippen LogP contribution >= 0.6 is 0 Å². The number of hydrogen-bond acceptors (Lipinski definition) is 4. The van der Waals surface area contributed by atoms with Crippen LogP contribution in [-0.2, 0) is 6.54 Å². The molecule has 0 bridgehead atoms. The minimum absolute atomic E-state index is 0.764. The summed E-state index contributed by atoms with van der Waals surface area (Å²) >= 11 is 0. The van der Waals surface area contributed by atoms with Crippen molar-refractivity contribution in [3.63, 3.8) is 0 Å². The zero-order valence-corrected chi connectivity index (χ0v) is 14.4. The molecule has 0 unspecified atom stereocenters. The van der Waals surface area contributed by atoms with Gasteiger partial charge in [0.1, 0.15) is 0 Å². The van der Waals surface area contributed by atoms with Crippen molar-refractivity contribution in [3.8, 4) is 11.1 Å². The molecule has 2 saturated heterocycles. The molecule has 2 aliphatic rings. The van der Waals surface area contributed by atoms with Gasteiger partial charge < -0.3 is 0 Å². The SMILES string of the molecule is c1ccc(-c2cnn3cc(CN4CCN5CCC[C@H]5C4)cnc23)cc1. The largest absolute Gasteiger partial charge is 0.298 e. The Bertz CT molecular complexity index is 872. The highest BCUT2D eigenvalue weighted by Crippen LogP contribution is 2.24. The van der Waals surface area contributed by atoms with Gasteiger partial charge >= 0.3 is 0 Å². The first kappa shape index (κ1) is 15.0. The van der Waals surface area contributed by atoms with Crippen LogP contribution in [0.2, 0.25) is 0 Å². The van der Waals surface area contributed by atoms with Gasteiger partial charge in [0.05, 0.1) is 6.20 Å². The Balaban J connectivity index is 1.37. The minimum atomic E-state index is 0.764. The molecule has 3 aromatic rings. The first-order valence-corrected chi connectivity index (χ1v) is 9.21. The lowest BCUT2D eigenvalue weighted by Crippen LogP contribution is -2.49. The van der Waals surface area contributed by atoms with Gasteiger partial charge in [-0.3, -0.25) is 9.80 Å². The lowest BCUT2D eigenvalue weighted by atomic mass is 10.1. The molecule has 0 amide bonds. The monoisotopic (exact) mass is 333 g/mol. The predicted octanol–water partition coefficient (Wildman–Crippen LogP) is 2.68. The summed E-state index contributed by atoms with van der Waals surface area (Å²) in [6, 6.07) is 11.1. The van der Waals surface area contributed by atoms with Gasteiger partial charge in [0.25, 0.3) is 0 Å². The summed E-state index contributed by atoms with van der Waals surface area (Å²) in [6.45, 7) is 5.81. The quantitative estimate of drug-likeness (QED) is 0.738. The van der Waals surface area contributed by atoms with Crippen LogP contribution in [0.3, 0.4) is 0 Å². The van der Waals surface area contributed by atoms with Crippen LogP contribution < -0.4 is 0 Å². The molecule has 4 heterocycles. The number of fused-ring (bicyclic) bond motifs is 2. The van der Waals surface area contributed by atoms with Crippen molar-refractivity contribution in [2.45, 2.75) is 25.4 Å². The van der Waals surface area contributed by atoms with Crippen molar-refractivity contribution < 1.29 is 0 Å². The molecule has 2 aromatic heterocycles. The summed E-state index contributed by atoms with van der Waals surface area (Å²) in [5.41, 5.74) is 4.42. The average Bonchev–Trinajstić information content (AvgIpc) is 3.28. The van der Waals surface area contributed by atoms with E-state index in [1.54, 1.807) is 0 Å². The van der Waals surface area contributed by atoms with Gasteiger partial charge in [0.15, 0.2) is 5.65 Å². The third-order valence-electron chi connectivity index (χ3n) is 5.57. The van der Waals surface area contributed by atoms with Crippen LogP contribution in [0.4, 0.5) is 0 Å². The van der Waals surface area contributed by atoms with E-state index in [9.17, 15) is 0 Å². The summed E-state index contributed by atoms with van der Waals surface area (Å²) in [6.07, 6.45) is 8.79. The standard InChI is InChI=1S/C20H23N5/c1-2-5-17(6-3-1)19-12-22-25-14-16(11-21-20(19)25)13-23-9-10-24-8-4-7-18(24)15-23/h1-3,5-6,11-12,14,18H,4,7-10,13,15H2/t18-/m0/s1. The topological polar surface area (TPSA) is 36.7 Å². The second-order valence-electron chi connectivity index (χ2n) is 7.22. The van der Waals surface area contributed by atoms with Crippen molar-refractivity contribution in [3.05, 3.63) is 54.5 Å². The summed E-state index contributed by atoms with van der Waals surface area (Å²) in [5, 5.41) is 4.53. The molecular formula is C20H23N5. The molecule has 5 heteroatoms. The van der Waals surface area contributed by atoms with Crippen molar-refractivity contribution in [2.75, 3.05) is 26.2 Å². The van der Waals surface area contributed by atoms with E-state index in [1.807, 2.05) is 23.0 Å². The molecule has 2 fully saturated rings. The first-order valence-electron chi connectivity index (χ1n) is 9.21. The van der Waals surface area contributed by atoms with Crippen LogP contribution in [0.1, 0.15) is 18.4 Å². The number of piperazine rings is 1. The van der Waals surface area contributed by atoms with Gasteiger partial charge in [-0.05, 0) is 24.9 Å². The lowest BCUT2D eigenvalue weighted by Gasteiger charge is -2.37. The molecule has 0 spiro atoms. The van der Waals surface area contributed by atoms with E-state index in [1.165, 1.54) is 38.0 Å².